The monoisotopic (exact) mass is 293 g/mol. The first kappa shape index (κ1) is 13.6. The lowest BCUT2D eigenvalue weighted by Crippen LogP contribution is -2.25. The topological polar surface area (TPSA) is 46.3 Å². The Kier molecular flexibility index (Phi) is 3.54. The van der Waals surface area contributed by atoms with Gasteiger partial charge in [-0.3, -0.25) is 0 Å². The van der Waals surface area contributed by atoms with Crippen LogP contribution in [-0.2, 0) is 12.3 Å². The van der Waals surface area contributed by atoms with E-state index in [0.717, 1.165) is 31.0 Å². The predicted molar refractivity (Wildman–Crippen MR) is 80.4 cm³/mol. The van der Waals surface area contributed by atoms with E-state index in [9.17, 15) is 0 Å². The van der Waals surface area contributed by atoms with Crippen LogP contribution in [0.25, 0.3) is 5.78 Å². The Morgan fingerprint density at radius 3 is 2.80 bits per heavy atom. The maximum absolute atomic E-state index is 5.85. The number of hydrogen-bond donors (Lipinski definition) is 0. The summed E-state index contributed by atoms with van der Waals surface area (Å²) in [5.74, 6) is 3.49. The van der Waals surface area contributed by atoms with Crippen molar-refractivity contribution in [2.24, 2.45) is 5.92 Å². The molecule has 0 saturated carbocycles. The smallest absolute Gasteiger partial charge is 0.254 e. The van der Waals surface area contributed by atoms with Crippen molar-refractivity contribution in [3.63, 3.8) is 0 Å². The van der Waals surface area contributed by atoms with Crippen molar-refractivity contribution in [3.05, 3.63) is 17.1 Å². The van der Waals surface area contributed by atoms with Gasteiger partial charge in [-0.2, -0.15) is 9.50 Å². The molecule has 0 saturated heterocycles. The van der Waals surface area contributed by atoms with Crippen LogP contribution in [0.4, 0.5) is 5.82 Å². The lowest BCUT2D eigenvalue weighted by molar-refractivity contribution is 0.575. The van der Waals surface area contributed by atoms with E-state index < -0.39 is 0 Å². The first-order chi connectivity index (χ1) is 9.60. The van der Waals surface area contributed by atoms with Crippen LogP contribution in [0.1, 0.15) is 37.4 Å². The Bertz CT molecular complexity index is 634. The third-order valence-electron chi connectivity index (χ3n) is 3.84. The van der Waals surface area contributed by atoms with Gasteiger partial charge in [-0.25, -0.2) is 4.98 Å². The number of aryl methyl sites for hydroxylation is 1. The van der Waals surface area contributed by atoms with Gasteiger partial charge in [-0.05, 0) is 25.7 Å². The van der Waals surface area contributed by atoms with Crippen LogP contribution in [0.3, 0.4) is 0 Å². The SMILES string of the molecule is Cc1nc2nc(CCl)nn2c2c1CCN2CCC(C)C. The summed E-state index contributed by atoms with van der Waals surface area (Å²) in [6.45, 7) is 8.66. The van der Waals surface area contributed by atoms with E-state index in [1.165, 1.54) is 12.0 Å². The van der Waals surface area contributed by atoms with E-state index >= 15 is 0 Å². The second-order valence-corrected chi connectivity index (χ2v) is 6.06. The summed E-state index contributed by atoms with van der Waals surface area (Å²) in [6, 6.07) is 0. The molecule has 0 bridgehead atoms. The molecule has 0 radical (unpaired) electrons. The van der Waals surface area contributed by atoms with Gasteiger partial charge >= 0.3 is 0 Å². The molecule has 1 aliphatic heterocycles. The Balaban J connectivity index is 2.06. The van der Waals surface area contributed by atoms with E-state index in [1.54, 1.807) is 0 Å². The summed E-state index contributed by atoms with van der Waals surface area (Å²) < 4.78 is 1.87. The molecule has 0 atom stereocenters. The van der Waals surface area contributed by atoms with Crippen LogP contribution in [0, 0.1) is 12.8 Å². The molecule has 5 nitrogen and oxygen atoms in total. The highest BCUT2D eigenvalue weighted by Gasteiger charge is 2.26. The van der Waals surface area contributed by atoms with Gasteiger partial charge in [0.05, 0.1) is 5.88 Å². The van der Waals surface area contributed by atoms with Crippen LogP contribution in [0.15, 0.2) is 0 Å². The number of nitrogens with zero attached hydrogens (tertiary/aromatic N) is 5. The van der Waals surface area contributed by atoms with Crippen molar-refractivity contribution in [2.75, 3.05) is 18.0 Å². The van der Waals surface area contributed by atoms with Gasteiger partial charge in [0.15, 0.2) is 5.82 Å². The molecule has 3 rings (SSSR count). The second kappa shape index (κ2) is 5.20. The van der Waals surface area contributed by atoms with Crippen molar-refractivity contribution in [1.29, 1.82) is 0 Å². The summed E-state index contributed by atoms with van der Waals surface area (Å²) in [7, 11) is 0. The molecule has 20 heavy (non-hydrogen) atoms. The molecule has 6 heteroatoms. The maximum Gasteiger partial charge on any atom is 0.254 e. The molecule has 0 N–H and O–H groups in total. The average Bonchev–Trinajstić information content (AvgIpc) is 2.99. The molecule has 0 aromatic carbocycles. The van der Waals surface area contributed by atoms with E-state index in [4.69, 9.17) is 11.6 Å². The standard InChI is InChI=1S/C14H20ClN5/c1-9(2)4-6-19-7-5-11-10(3)16-14-17-12(8-15)18-20(14)13(11)19/h9H,4-8H2,1-3H3. The van der Waals surface area contributed by atoms with Crippen LogP contribution >= 0.6 is 11.6 Å². The minimum atomic E-state index is 0.323. The Morgan fingerprint density at radius 2 is 2.10 bits per heavy atom. The van der Waals surface area contributed by atoms with Crippen molar-refractivity contribution < 1.29 is 0 Å². The van der Waals surface area contributed by atoms with Gasteiger partial charge in [0, 0.05) is 24.3 Å². The fourth-order valence-electron chi connectivity index (χ4n) is 2.73. The molecule has 2 aromatic heterocycles. The van der Waals surface area contributed by atoms with Crippen LogP contribution in [-0.4, -0.2) is 32.7 Å². The fourth-order valence-corrected chi connectivity index (χ4v) is 2.84. The number of alkyl halides is 1. The Morgan fingerprint density at radius 1 is 1.30 bits per heavy atom. The van der Waals surface area contributed by atoms with E-state index in [-0.39, 0.29) is 0 Å². The van der Waals surface area contributed by atoms with Gasteiger partial charge in [0.1, 0.15) is 5.82 Å². The summed E-state index contributed by atoms with van der Waals surface area (Å²) in [5.41, 5.74) is 2.36. The van der Waals surface area contributed by atoms with Crippen LogP contribution in [0.5, 0.6) is 0 Å². The summed E-state index contributed by atoms with van der Waals surface area (Å²) >= 11 is 5.85. The molecule has 0 amide bonds. The molecule has 1 aliphatic rings. The molecular formula is C14H20ClN5. The Labute approximate surface area is 124 Å². The zero-order valence-electron chi connectivity index (χ0n) is 12.2. The molecule has 3 heterocycles. The number of hydrogen-bond acceptors (Lipinski definition) is 4. The fraction of sp³-hybridized carbons (Fsp3) is 0.643. The molecule has 108 valence electrons. The predicted octanol–water partition coefficient (Wildman–Crippen LogP) is 2.58. The van der Waals surface area contributed by atoms with E-state index in [2.05, 4.69) is 40.7 Å². The first-order valence-corrected chi connectivity index (χ1v) is 7.69. The lowest BCUT2D eigenvalue weighted by atomic mass is 10.1. The number of aromatic nitrogens is 4. The number of rotatable bonds is 4. The third-order valence-corrected chi connectivity index (χ3v) is 4.08. The minimum absolute atomic E-state index is 0.323. The molecule has 2 aromatic rings. The lowest BCUT2D eigenvalue weighted by Gasteiger charge is -2.20. The van der Waals surface area contributed by atoms with Gasteiger partial charge < -0.3 is 4.90 Å². The molecule has 0 spiro atoms. The van der Waals surface area contributed by atoms with Gasteiger partial charge in [-0.15, -0.1) is 16.7 Å². The van der Waals surface area contributed by atoms with Crippen LogP contribution < -0.4 is 4.90 Å². The molecule has 0 aliphatic carbocycles. The summed E-state index contributed by atoms with van der Waals surface area (Å²) in [4.78, 5) is 11.3. The quantitative estimate of drug-likeness (QED) is 0.813. The van der Waals surface area contributed by atoms with Crippen molar-refractivity contribution in [2.45, 2.75) is 39.5 Å². The summed E-state index contributed by atoms with van der Waals surface area (Å²) in [6.07, 6.45) is 2.22. The molecular weight excluding hydrogens is 274 g/mol. The van der Waals surface area contributed by atoms with Crippen molar-refractivity contribution >= 4 is 23.2 Å². The number of anilines is 1. The highest BCUT2D eigenvalue weighted by Crippen LogP contribution is 2.30. The first-order valence-electron chi connectivity index (χ1n) is 7.16. The van der Waals surface area contributed by atoms with Crippen LogP contribution in [0.2, 0.25) is 0 Å². The van der Waals surface area contributed by atoms with Crippen molar-refractivity contribution in [1.82, 2.24) is 19.6 Å². The normalized spacial score (nSPS) is 14.6. The average molecular weight is 294 g/mol. The number of fused-ring (bicyclic) bond motifs is 3. The molecule has 0 unspecified atom stereocenters. The van der Waals surface area contributed by atoms with Gasteiger partial charge in [0.2, 0.25) is 0 Å². The Hall–Kier alpha value is -1.36. The minimum Gasteiger partial charge on any atom is -0.356 e. The maximum atomic E-state index is 5.85. The third kappa shape index (κ3) is 2.24. The number of halogens is 1. The highest BCUT2D eigenvalue weighted by atomic mass is 35.5. The van der Waals surface area contributed by atoms with Gasteiger partial charge in [0.25, 0.3) is 5.78 Å². The summed E-state index contributed by atoms with van der Waals surface area (Å²) in [5, 5.41) is 4.49. The molecule has 0 fully saturated rings. The van der Waals surface area contributed by atoms with Crippen molar-refractivity contribution in [3.8, 4) is 0 Å². The highest BCUT2D eigenvalue weighted by molar-refractivity contribution is 6.16. The zero-order chi connectivity index (χ0) is 14.3. The van der Waals surface area contributed by atoms with Gasteiger partial charge in [-0.1, -0.05) is 13.8 Å². The van der Waals surface area contributed by atoms with E-state index in [1.807, 2.05) is 4.52 Å². The van der Waals surface area contributed by atoms with E-state index in [0.29, 0.717) is 23.4 Å². The zero-order valence-corrected chi connectivity index (χ0v) is 13.0. The second-order valence-electron chi connectivity index (χ2n) is 5.79. The largest absolute Gasteiger partial charge is 0.356 e.